The Labute approximate surface area is 158 Å². The number of hydrogen-bond acceptors (Lipinski definition) is 4. The van der Waals surface area contributed by atoms with Crippen LogP contribution < -0.4 is 10.1 Å². The maximum Gasteiger partial charge on any atom is 0.193 e. The van der Waals surface area contributed by atoms with Crippen molar-refractivity contribution in [3.63, 3.8) is 0 Å². The molecule has 1 saturated heterocycles. The van der Waals surface area contributed by atoms with E-state index < -0.39 is 0 Å². The van der Waals surface area contributed by atoms with Crippen LogP contribution in [0.1, 0.15) is 25.3 Å². The van der Waals surface area contributed by atoms with E-state index in [1.54, 1.807) is 0 Å². The van der Waals surface area contributed by atoms with Crippen LogP contribution in [0.2, 0.25) is 0 Å². The SMILES string of the molecule is CCOc1ccc(CN(C)C(=NC)NCC2(N(C)C)CCOCC2)cc1. The molecule has 0 atom stereocenters. The van der Waals surface area contributed by atoms with Gasteiger partial charge in [-0.15, -0.1) is 0 Å². The fourth-order valence-electron chi connectivity index (χ4n) is 3.37. The van der Waals surface area contributed by atoms with Crippen molar-refractivity contribution in [1.29, 1.82) is 0 Å². The molecule has 2 rings (SSSR count). The lowest BCUT2D eigenvalue weighted by atomic mass is 9.88. The number of likely N-dealkylation sites (N-methyl/N-ethyl adjacent to an activating group) is 1. The number of aliphatic imine (C=N–C) groups is 1. The van der Waals surface area contributed by atoms with E-state index in [0.29, 0.717) is 6.61 Å². The number of ether oxygens (including phenoxy) is 2. The van der Waals surface area contributed by atoms with Crippen LogP contribution in [-0.2, 0) is 11.3 Å². The first-order valence-electron chi connectivity index (χ1n) is 9.39. The van der Waals surface area contributed by atoms with Crippen molar-refractivity contribution in [1.82, 2.24) is 15.1 Å². The molecule has 1 N–H and O–H groups in total. The van der Waals surface area contributed by atoms with Gasteiger partial charge in [-0.3, -0.25) is 4.99 Å². The molecule has 0 bridgehead atoms. The summed E-state index contributed by atoms with van der Waals surface area (Å²) in [6.45, 7) is 5.99. The lowest BCUT2D eigenvalue weighted by molar-refractivity contribution is -0.00522. The Kier molecular flexibility index (Phi) is 7.72. The predicted molar refractivity (Wildman–Crippen MR) is 107 cm³/mol. The summed E-state index contributed by atoms with van der Waals surface area (Å²) in [5.74, 6) is 1.82. The van der Waals surface area contributed by atoms with Gasteiger partial charge >= 0.3 is 0 Å². The standard InChI is InChI=1S/C20H34N4O2/c1-6-26-18-9-7-17(8-10-18)15-24(5)19(21-2)22-16-20(23(3)4)11-13-25-14-12-20/h7-10H,6,11-16H2,1-5H3,(H,21,22). The minimum absolute atomic E-state index is 0.119. The fourth-order valence-corrected chi connectivity index (χ4v) is 3.37. The molecule has 1 aromatic carbocycles. The molecule has 0 aliphatic carbocycles. The summed E-state index contributed by atoms with van der Waals surface area (Å²) in [6, 6.07) is 8.25. The first-order chi connectivity index (χ1) is 12.5. The van der Waals surface area contributed by atoms with Crippen LogP contribution in [-0.4, -0.2) is 75.9 Å². The molecular formula is C20H34N4O2. The fraction of sp³-hybridized carbons (Fsp3) is 0.650. The summed E-state index contributed by atoms with van der Waals surface area (Å²) in [5, 5.41) is 3.57. The van der Waals surface area contributed by atoms with Gasteiger partial charge in [0.05, 0.1) is 6.61 Å². The molecule has 1 aromatic rings. The molecule has 26 heavy (non-hydrogen) atoms. The van der Waals surface area contributed by atoms with E-state index in [1.807, 2.05) is 26.1 Å². The largest absolute Gasteiger partial charge is 0.494 e. The molecule has 1 fully saturated rings. The minimum atomic E-state index is 0.119. The molecule has 0 radical (unpaired) electrons. The lowest BCUT2D eigenvalue weighted by Crippen LogP contribution is -2.57. The summed E-state index contributed by atoms with van der Waals surface area (Å²) in [7, 11) is 8.21. The predicted octanol–water partition coefficient (Wildman–Crippen LogP) is 2.20. The Balaban J connectivity index is 1.94. The lowest BCUT2D eigenvalue weighted by Gasteiger charge is -2.43. The summed E-state index contributed by atoms with van der Waals surface area (Å²) >= 11 is 0. The zero-order valence-electron chi connectivity index (χ0n) is 16.9. The van der Waals surface area contributed by atoms with Crippen molar-refractivity contribution < 1.29 is 9.47 Å². The van der Waals surface area contributed by atoms with Crippen molar-refractivity contribution in [2.75, 3.05) is 54.6 Å². The second-order valence-electron chi connectivity index (χ2n) is 7.06. The Morgan fingerprint density at radius 2 is 1.85 bits per heavy atom. The molecule has 1 aliphatic rings. The van der Waals surface area contributed by atoms with Crippen LogP contribution in [0.4, 0.5) is 0 Å². The Bertz CT molecular complexity index is 566. The van der Waals surface area contributed by atoms with Crippen molar-refractivity contribution >= 4 is 5.96 Å². The molecule has 0 aromatic heterocycles. The second-order valence-corrected chi connectivity index (χ2v) is 7.06. The Morgan fingerprint density at radius 1 is 1.19 bits per heavy atom. The van der Waals surface area contributed by atoms with Gasteiger partial charge in [0.1, 0.15) is 5.75 Å². The van der Waals surface area contributed by atoms with Gasteiger partial charge in [-0.25, -0.2) is 0 Å². The molecule has 1 heterocycles. The third-order valence-corrected chi connectivity index (χ3v) is 5.18. The van der Waals surface area contributed by atoms with Gasteiger partial charge in [-0.1, -0.05) is 12.1 Å². The molecule has 6 nitrogen and oxygen atoms in total. The van der Waals surface area contributed by atoms with E-state index in [4.69, 9.17) is 9.47 Å². The maximum atomic E-state index is 5.56. The van der Waals surface area contributed by atoms with E-state index >= 15 is 0 Å². The van der Waals surface area contributed by atoms with Gasteiger partial charge in [0, 0.05) is 45.9 Å². The highest BCUT2D eigenvalue weighted by atomic mass is 16.5. The first-order valence-corrected chi connectivity index (χ1v) is 9.39. The van der Waals surface area contributed by atoms with Gasteiger partial charge in [0.25, 0.3) is 0 Å². The number of nitrogens with one attached hydrogen (secondary N) is 1. The van der Waals surface area contributed by atoms with E-state index in [1.165, 1.54) is 5.56 Å². The van der Waals surface area contributed by atoms with Crippen molar-refractivity contribution in [3.8, 4) is 5.75 Å². The molecular weight excluding hydrogens is 328 g/mol. The highest BCUT2D eigenvalue weighted by molar-refractivity contribution is 5.79. The van der Waals surface area contributed by atoms with E-state index in [9.17, 15) is 0 Å². The van der Waals surface area contributed by atoms with E-state index in [2.05, 4.69) is 53.4 Å². The summed E-state index contributed by atoms with van der Waals surface area (Å²) in [5.41, 5.74) is 1.35. The smallest absolute Gasteiger partial charge is 0.193 e. The average molecular weight is 363 g/mol. The van der Waals surface area contributed by atoms with Crippen LogP contribution in [0.3, 0.4) is 0 Å². The second kappa shape index (κ2) is 9.78. The van der Waals surface area contributed by atoms with Crippen LogP contribution in [0, 0.1) is 0 Å². The Morgan fingerprint density at radius 3 is 2.38 bits per heavy atom. The summed E-state index contributed by atoms with van der Waals surface area (Å²) in [4.78, 5) is 8.94. The van der Waals surface area contributed by atoms with E-state index in [0.717, 1.165) is 50.9 Å². The zero-order valence-corrected chi connectivity index (χ0v) is 16.9. The summed E-state index contributed by atoms with van der Waals surface area (Å²) in [6.07, 6.45) is 2.07. The maximum absolute atomic E-state index is 5.56. The zero-order chi connectivity index (χ0) is 19.0. The molecule has 0 amide bonds. The molecule has 0 spiro atoms. The van der Waals surface area contributed by atoms with Crippen molar-refractivity contribution in [2.45, 2.75) is 31.8 Å². The topological polar surface area (TPSA) is 49.3 Å². The number of hydrogen-bond donors (Lipinski definition) is 1. The van der Waals surface area contributed by atoms with Crippen molar-refractivity contribution in [3.05, 3.63) is 29.8 Å². The number of nitrogens with zero attached hydrogens (tertiary/aromatic N) is 3. The number of rotatable bonds is 7. The van der Waals surface area contributed by atoms with Crippen LogP contribution in [0.5, 0.6) is 5.75 Å². The first kappa shape index (κ1) is 20.5. The Hall–Kier alpha value is -1.79. The normalized spacial score (nSPS) is 17.2. The van der Waals surface area contributed by atoms with Gasteiger partial charge < -0.3 is 24.6 Å². The van der Waals surface area contributed by atoms with E-state index in [-0.39, 0.29) is 5.54 Å². The molecule has 1 aliphatic heterocycles. The minimum Gasteiger partial charge on any atom is -0.494 e. The third-order valence-electron chi connectivity index (χ3n) is 5.18. The van der Waals surface area contributed by atoms with Crippen molar-refractivity contribution in [2.24, 2.45) is 4.99 Å². The molecule has 146 valence electrons. The number of benzene rings is 1. The van der Waals surface area contributed by atoms with Crippen LogP contribution in [0.25, 0.3) is 0 Å². The quantitative estimate of drug-likeness (QED) is 0.595. The molecule has 6 heteroatoms. The highest BCUT2D eigenvalue weighted by Gasteiger charge is 2.35. The monoisotopic (exact) mass is 362 g/mol. The molecule has 0 saturated carbocycles. The van der Waals surface area contributed by atoms with Gasteiger partial charge in [-0.05, 0) is 51.6 Å². The van der Waals surface area contributed by atoms with Gasteiger partial charge in [-0.2, -0.15) is 0 Å². The van der Waals surface area contributed by atoms with Crippen LogP contribution in [0.15, 0.2) is 29.3 Å². The third kappa shape index (κ3) is 5.35. The molecule has 0 unspecified atom stereocenters. The average Bonchev–Trinajstić information content (AvgIpc) is 2.64. The van der Waals surface area contributed by atoms with Gasteiger partial charge in [0.15, 0.2) is 5.96 Å². The van der Waals surface area contributed by atoms with Crippen LogP contribution >= 0.6 is 0 Å². The van der Waals surface area contributed by atoms with Gasteiger partial charge in [0.2, 0.25) is 0 Å². The number of guanidine groups is 1. The summed E-state index contributed by atoms with van der Waals surface area (Å²) < 4.78 is 11.1. The highest BCUT2D eigenvalue weighted by Crippen LogP contribution is 2.25.